The molecule has 1 amide bonds. The zero-order valence-electron chi connectivity index (χ0n) is 20.5. The number of rotatable bonds is 6. The molecule has 0 bridgehead atoms. The van der Waals surface area contributed by atoms with Gasteiger partial charge in [-0.3, -0.25) is 9.59 Å². The van der Waals surface area contributed by atoms with E-state index in [0.29, 0.717) is 31.6 Å². The minimum Gasteiger partial charge on any atom is -0.469 e. The van der Waals surface area contributed by atoms with Crippen molar-refractivity contribution in [3.8, 4) is 0 Å². The zero-order valence-corrected chi connectivity index (χ0v) is 20.5. The van der Waals surface area contributed by atoms with Gasteiger partial charge in [-0.15, -0.1) is 5.10 Å². The van der Waals surface area contributed by atoms with Crippen molar-refractivity contribution >= 4 is 35.1 Å². The van der Waals surface area contributed by atoms with E-state index in [1.807, 2.05) is 20.8 Å². The van der Waals surface area contributed by atoms with Crippen LogP contribution in [0.3, 0.4) is 0 Å². The summed E-state index contributed by atoms with van der Waals surface area (Å²) in [4.78, 5) is 30.7. The SMILES string of the molecule is CC.COC(=O)C1CCN(c2ncc(NC(=O)c3nnc(Nc4ccc(F)c(F)c4)o3)cc2C)CC1. The van der Waals surface area contributed by atoms with Gasteiger partial charge in [0.15, 0.2) is 11.6 Å². The number of carbonyl (C=O) groups is 2. The summed E-state index contributed by atoms with van der Waals surface area (Å²) < 4.78 is 36.4. The number of carbonyl (C=O) groups excluding carboxylic acids is 2. The van der Waals surface area contributed by atoms with E-state index in [0.717, 1.165) is 23.5 Å². The molecule has 36 heavy (non-hydrogen) atoms. The number of aromatic nitrogens is 3. The lowest BCUT2D eigenvalue weighted by atomic mass is 9.97. The van der Waals surface area contributed by atoms with E-state index in [1.165, 1.54) is 19.4 Å². The van der Waals surface area contributed by atoms with E-state index in [1.54, 1.807) is 6.07 Å². The molecule has 4 rings (SSSR count). The molecule has 1 aliphatic rings. The zero-order chi connectivity index (χ0) is 26.2. The molecular formula is C24H28F2N6O4. The van der Waals surface area contributed by atoms with Crippen molar-refractivity contribution in [1.29, 1.82) is 0 Å². The maximum absolute atomic E-state index is 13.3. The highest BCUT2D eigenvalue weighted by atomic mass is 19.2. The van der Waals surface area contributed by atoms with Gasteiger partial charge in [0.25, 0.3) is 0 Å². The molecule has 0 aliphatic carbocycles. The van der Waals surface area contributed by atoms with Gasteiger partial charge in [-0.25, -0.2) is 13.8 Å². The Morgan fingerprint density at radius 2 is 1.81 bits per heavy atom. The molecular weight excluding hydrogens is 474 g/mol. The fraction of sp³-hybridized carbons (Fsp3) is 0.375. The topological polar surface area (TPSA) is 122 Å². The smallest absolute Gasteiger partial charge is 0.320 e. The minimum absolute atomic E-state index is 0.101. The molecule has 0 radical (unpaired) electrons. The Balaban J connectivity index is 0.00000176. The molecule has 2 N–H and O–H groups in total. The molecule has 0 saturated carbocycles. The quantitative estimate of drug-likeness (QED) is 0.470. The number of nitrogens with one attached hydrogen (secondary N) is 2. The molecule has 1 aliphatic heterocycles. The predicted octanol–water partition coefficient (Wildman–Crippen LogP) is 4.46. The minimum atomic E-state index is -1.04. The Bertz CT molecular complexity index is 1210. The number of aryl methyl sites for hydroxylation is 1. The number of hydrogen-bond donors (Lipinski definition) is 2. The van der Waals surface area contributed by atoms with Gasteiger partial charge in [0.05, 0.1) is 24.9 Å². The molecule has 10 nitrogen and oxygen atoms in total. The van der Waals surface area contributed by atoms with Gasteiger partial charge in [-0.1, -0.05) is 18.9 Å². The lowest BCUT2D eigenvalue weighted by Crippen LogP contribution is -2.37. The van der Waals surface area contributed by atoms with Gasteiger partial charge in [0.2, 0.25) is 0 Å². The lowest BCUT2D eigenvalue weighted by molar-refractivity contribution is -0.146. The third-order valence-electron chi connectivity index (χ3n) is 5.43. The van der Waals surface area contributed by atoms with Crippen LogP contribution in [0.25, 0.3) is 0 Å². The number of anilines is 4. The van der Waals surface area contributed by atoms with Crippen molar-refractivity contribution in [3.05, 3.63) is 53.6 Å². The highest BCUT2D eigenvalue weighted by molar-refractivity contribution is 6.01. The van der Waals surface area contributed by atoms with Crippen LogP contribution in [0.1, 0.15) is 42.9 Å². The lowest BCUT2D eigenvalue weighted by Gasteiger charge is -2.32. The standard InChI is InChI=1S/C22H22F2N6O4.C2H6/c1-12-9-15(11-25-18(12)30-7-5-13(6-8-30)21(32)33-2)26-19(31)20-28-29-22(34-20)27-14-3-4-16(23)17(24)10-14;1-2/h3-4,9-11,13H,5-8H2,1-2H3,(H,26,31)(H,27,29);1-2H3. The summed E-state index contributed by atoms with van der Waals surface area (Å²) in [6, 6.07) is 4.77. The van der Waals surface area contributed by atoms with Gasteiger partial charge >= 0.3 is 23.8 Å². The molecule has 192 valence electrons. The largest absolute Gasteiger partial charge is 0.469 e. The summed E-state index contributed by atoms with van der Waals surface area (Å²) in [7, 11) is 1.39. The normalized spacial score (nSPS) is 13.4. The first-order valence-electron chi connectivity index (χ1n) is 11.5. The number of ether oxygens (including phenoxy) is 1. The first kappa shape index (κ1) is 26.5. The highest BCUT2D eigenvalue weighted by Gasteiger charge is 2.27. The first-order chi connectivity index (χ1) is 17.3. The van der Waals surface area contributed by atoms with Crippen LogP contribution in [0.2, 0.25) is 0 Å². The summed E-state index contributed by atoms with van der Waals surface area (Å²) in [6.45, 7) is 7.23. The molecule has 2 aromatic heterocycles. The van der Waals surface area contributed by atoms with E-state index in [9.17, 15) is 18.4 Å². The number of pyridine rings is 1. The average Bonchev–Trinajstić information content (AvgIpc) is 3.36. The predicted molar refractivity (Wildman–Crippen MR) is 129 cm³/mol. The van der Waals surface area contributed by atoms with E-state index >= 15 is 0 Å². The number of methoxy groups -OCH3 is 1. The Labute approximate surface area is 207 Å². The second-order valence-corrected chi connectivity index (χ2v) is 7.77. The maximum Gasteiger partial charge on any atom is 0.320 e. The molecule has 0 atom stereocenters. The second kappa shape index (κ2) is 12.0. The summed E-state index contributed by atoms with van der Waals surface area (Å²) >= 11 is 0. The third-order valence-corrected chi connectivity index (χ3v) is 5.43. The van der Waals surface area contributed by atoms with Crippen LogP contribution >= 0.6 is 0 Å². The molecule has 0 spiro atoms. The highest BCUT2D eigenvalue weighted by Crippen LogP contribution is 2.27. The molecule has 3 heterocycles. The van der Waals surface area contributed by atoms with Crippen LogP contribution < -0.4 is 15.5 Å². The number of benzene rings is 1. The van der Waals surface area contributed by atoms with E-state index < -0.39 is 17.5 Å². The van der Waals surface area contributed by atoms with Gasteiger partial charge in [-0.05, 0) is 43.5 Å². The maximum atomic E-state index is 13.3. The van der Waals surface area contributed by atoms with Crippen LogP contribution in [0.15, 0.2) is 34.9 Å². The van der Waals surface area contributed by atoms with Crippen molar-refractivity contribution in [1.82, 2.24) is 15.2 Å². The summed E-state index contributed by atoms with van der Waals surface area (Å²) in [5.41, 5.74) is 1.46. The number of piperidine rings is 1. The molecule has 1 saturated heterocycles. The van der Waals surface area contributed by atoms with Crippen molar-refractivity contribution in [2.75, 3.05) is 35.7 Å². The summed E-state index contributed by atoms with van der Waals surface area (Å²) in [6.07, 6.45) is 2.89. The van der Waals surface area contributed by atoms with Crippen LogP contribution in [-0.2, 0) is 9.53 Å². The monoisotopic (exact) mass is 502 g/mol. The Hall–Kier alpha value is -4.09. The van der Waals surface area contributed by atoms with Gasteiger partial charge < -0.3 is 24.7 Å². The van der Waals surface area contributed by atoms with Gasteiger partial charge in [0, 0.05) is 24.8 Å². The summed E-state index contributed by atoms with van der Waals surface area (Å²) in [5.74, 6) is -2.52. The van der Waals surface area contributed by atoms with Crippen molar-refractivity contribution < 1.29 is 27.5 Å². The van der Waals surface area contributed by atoms with Crippen LogP contribution in [0.4, 0.5) is 32.0 Å². The van der Waals surface area contributed by atoms with Crippen LogP contribution in [0, 0.1) is 24.5 Å². The molecule has 0 unspecified atom stereocenters. The van der Waals surface area contributed by atoms with Crippen molar-refractivity contribution in [2.45, 2.75) is 33.6 Å². The Morgan fingerprint density at radius 3 is 2.44 bits per heavy atom. The second-order valence-electron chi connectivity index (χ2n) is 7.77. The third kappa shape index (κ3) is 6.32. The summed E-state index contributed by atoms with van der Waals surface area (Å²) in [5, 5.41) is 12.6. The number of amides is 1. The average molecular weight is 503 g/mol. The first-order valence-corrected chi connectivity index (χ1v) is 11.5. The number of nitrogens with zero attached hydrogens (tertiary/aromatic N) is 4. The molecule has 12 heteroatoms. The number of esters is 1. The van der Waals surface area contributed by atoms with Crippen molar-refractivity contribution in [2.24, 2.45) is 5.92 Å². The molecule has 3 aromatic rings. The van der Waals surface area contributed by atoms with E-state index in [2.05, 4.69) is 30.7 Å². The fourth-order valence-corrected chi connectivity index (χ4v) is 3.71. The van der Waals surface area contributed by atoms with Crippen LogP contribution in [0.5, 0.6) is 0 Å². The van der Waals surface area contributed by atoms with Gasteiger partial charge in [0.1, 0.15) is 5.82 Å². The molecule has 1 aromatic carbocycles. The Kier molecular flexibility index (Phi) is 8.87. The van der Waals surface area contributed by atoms with E-state index in [-0.39, 0.29) is 29.5 Å². The Morgan fingerprint density at radius 1 is 1.08 bits per heavy atom. The fourth-order valence-electron chi connectivity index (χ4n) is 3.71. The molecule has 1 fully saturated rings. The number of hydrogen-bond acceptors (Lipinski definition) is 9. The van der Waals surface area contributed by atoms with Crippen LogP contribution in [-0.4, -0.2) is 47.3 Å². The number of halogens is 2. The van der Waals surface area contributed by atoms with Gasteiger partial charge in [-0.2, -0.15) is 0 Å². The van der Waals surface area contributed by atoms with E-state index in [4.69, 9.17) is 9.15 Å². The van der Waals surface area contributed by atoms with Crippen molar-refractivity contribution in [3.63, 3.8) is 0 Å².